The van der Waals surface area contributed by atoms with Crippen molar-refractivity contribution in [3.8, 4) is 0 Å². The molecule has 4 heteroatoms. The number of allylic oxidation sites excluding steroid dienone is 3. The van der Waals surface area contributed by atoms with Gasteiger partial charge in [-0.3, -0.25) is 4.99 Å². The Bertz CT molecular complexity index is 212. The van der Waals surface area contributed by atoms with E-state index in [4.69, 9.17) is 0 Å². The van der Waals surface area contributed by atoms with E-state index >= 15 is 0 Å². The molecule has 0 radical (unpaired) electrons. The van der Waals surface area contributed by atoms with Gasteiger partial charge in [0.05, 0.1) is 6.54 Å². The van der Waals surface area contributed by atoms with Gasteiger partial charge in [-0.1, -0.05) is 11.8 Å². The van der Waals surface area contributed by atoms with Gasteiger partial charge in [0.2, 0.25) is 0 Å². The fraction of sp³-hybridized carbons (Fsp3) is 0.444. The molecular formula is C9H14IN2S-. The van der Waals surface area contributed by atoms with Crippen LogP contribution in [0.4, 0.5) is 0 Å². The van der Waals surface area contributed by atoms with E-state index < -0.39 is 0 Å². The van der Waals surface area contributed by atoms with Gasteiger partial charge >= 0.3 is 47.9 Å². The molecule has 0 fully saturated rings. The van der Waals surface area contributed by atoms with Crippen LogP contribution in [0.3, 0.4) is 0 Å². The number of aliphatic imine (C=N–C) groups is 1. The van der Waals surface area contributed by atoms with Crippen LogP contribution in [-0.2, 0) is 0 Å². The number of hydrogen-bond donors (Lipinski definition) is 1. The minimum Gasteiger partial charge on any atom is -0.363 e. The van der Waals surface area contributed by atoms with Crippen LogP contribution in [-0.4, -0.2) is 28.9 Å². The summed E-state index contributed by atoms with van der Waals surface area (Å²) in [7, 11) is 0. The molecule has 2 nitrogen and oxygen atoms in total. The Labute approximate surface area is 94.2 Å². The zero-order valence-corrected chi connectivity index (χ0v) is 10.6. The number of hydrogen-bond acceptors (Lipinski definition) is 3. The molecule has 0 unspecified atom stereocenters. The van der Waals surface area contributed by atoms with E-state index in [1.807, 2.05) is 6.26 Å². The number of thioether (sulfide) groups is 1. The standard InChI is InChI=1S/C5H6I.C4H8N2S/c1-2-4-6-5-3-1;1-7-4-5-2-3-6-4/h1-4H,5H2;2-3H2,1H3,(H,5,6)/q-1;. The predicted molar refractivity (Wildman–Crippen MR) is 57.0 cm³/mol. The van der Waals surface area contributed by atoms with Crippen LogP contribution < -0.4 is 26.5 Å². The fourth-order valence-corrected chi connectivity index (χ4v) is 2.72. The van der Waals surface area contributed by atoms with E-state index in [0.717, 1.165) is 18.3 Å². The van der Waals surface area contributed by atoms with E-state index in [2.05, 4.69) is 32.6 Å². The number of amidine groups is 1. The first-order chi connectivity index (χ1) is 6.43. The molecule has 2 aliphatic heterocycles. The van der Waals surface area contributed by atoms with Gasteiger partial charge < -0.3 is 5.32 Å². The normalized spacial score (nSPS) is 19.3. The average Bonchev–Trinajstić information content (AvgIpc) is 2.74. The Balaban J connectivity index is 0.000000132. The van der Waals surface area contributed by atoms with Gasteiger partial charge in [0, 0.05) is 6.54 Å². The Kier molecular flexibility index (Phi) is 6.35. The van der Waals surface area contributed by atoms with E-state index in [0.29, 0.717) is 21.2 Å². The van der Waals surface area contributed by atoms with Gasteiger partial charge in [0.25, 0.3) is 0 Å². The molecule has 0 aromatic carbocycles. The molecule has 13 heavy (non-hydrogen) atoms. The maximum Gasteiger partial charge on any atom is 0.156 e. The number of halogens is 1. The minimum atomic E-state index is 0.447. The second kappa shape index (κ2) is 7.44. The summed E-state index contributed by atoms with van der Waals surface area (Å²) < 4.78 is 3.63. The van der Waals surface area contributed by atoms with Gasteiger partial charge in [0.15, 0.2) is 5.17 Å². The van der Waals surface area contributed by atoms with Crippen LogP contribution in [0.15, 0.2) is 27.3 Å². The molecule has 0 amide bonds. The summed E-state index contributed by atoms with van der Waals surface area (Å²) in [4.78, 5) is 4.12. The molecule has 1 N–H and O–H groups in total. The van der Waals surface area contributed by atoms with E-state index in [9.17, 15) is 0 Å². The van der Waals surface area contributed by atoms with Gasteiger partial charge in [-0.25, -0.2) is 0 Å². The van der Waals surface area contributed by atoms with Gasteiger partial charge in [-0.2, -0.15) is 0 Å². The predicted octanol–water partition coefficient (Wildman–Crippen LogP) is -1.53. The van der Waals surface area contributed by atoms with E-state index in [1.54, 1.807) is 11.8 Å². The minimum absolute atomic E-state index is 0.447. The Morgan fingerprint density at radius 3 is 2.69 bits per heavy atom. The van der Waals surface area contributed by atoms with Crippen LogP contribution in [0.2, 0.25) is 0 Å². The molecule has 0 saturated heterocycles. The Morgan fingerprint density at radius 2 is 2.46 bits per heavy atom. The van der Waals surface area contributed by atoms with Crippen molar-refractivity contribution in [3.05, 3.63) is 22.3 Å². The Hall–Kier alpha value is 0.0300. The maximum atomic E-state index is 4.12. The van der Waals surface area contributed by atoms with Crippen LogP contribution in [0.1, 0.15) is 0 Å². The summed E-state index contributed by atoms with van der Waals surface area (Å²) in [6.45, 7) is 1.98. The zero-order chi connectivity index (χ0) is 9.36. The number of alkyl halides is 1. The number of nitrogens with zero attached hydrogens (tertiary/aromatic N) is 1. The molecule has 0 aromatic rings. The van der Waals surface area contributed by atoms with Crippen molar-refractivity contribution in [1.82, 2.24) is 5.32 Å². The van der Waals surface area contributed by atoms with Crippen molar-refractivity contribution < 1.29 is 21.2 Å². The summed E-state index contributed by atoms with van der Waals surface area (Å²) in [5, 5.41) is 4.20. The first-order valence-electron chi connectivity index (χ1n) is 4.15. The first-order valence-corrected chi connectivity index (χ1v) is 8.15. The van der Waals surface area contributed by atoms with Gasteiger partial charge in [0.1, 0.15) is 0 Å². The number of nitrogens with one attached hydrogen (secondary N) is 1. The third-order valence-electron chi connectivity index (χ3n) is 1.42. The van der Waals surface area contributed by atoms with Crippen LogP contribution >= 0.6 is 11.8 Å². The molecule has 0 saturated carbocycles. The van der Waals surface area contributed by atoms with Crippen LogP contribution in [0, 0.1) is 0 Å². The molecule has 0 bridgehead atoms. The molecule has 0 aliphatic carbocycles. The summed E-state index contributed by atoms with van der Waals surface area (Å²) in [6.07, 6.45) is 8.50. The van der Waals surface area contributed by atoms with Crippen molar-refractivity contribution in [3.63, 3.8) is 0 Å². The fourth-order valence-electron chi connectivity index (χ4n) is 0.839. The summed E-state index contributed by atoms with van der Waals surface area (Å²) in [5.74, 6) is 0. The quantitative estimate of drug-likeness (QED) is 0.434. The SMILES string of the molecule is C1=CC[I-]C=C1.CSC1=NCCN1. The molecule has 0 aromatic heterocycles. The van der Waals surface area contributed by atoms with Crippen molar-refractivity contribution in [1.29, 1.82) is 0 Å². The molecule has 74 valence electrons. The molecule has 2 heterocycles. The van der Waals surface area contributed by atoms with Gasteiger partial charge in [-0.15, -0.1) is 0 Å². The molecule has 0 atom stereocenters. The van der Waals surface area contributed by atoms with E-state index in [1.165, 1.54) is 4.43 Å². The first kappa shape index (κ1) is 11.1. The molecule has 2 aliphatic rings. The van der Waals surface area contributed by atoms with Crippen molar-refractivity contribution in [2.24, 2.45) is 4.99 Å². The van der Waals surface area contributed by atoms with Crippen molar-refractivity contribution in [2.45, 2.75) is 0 Å². The second-order valence-electron chi connectivity index (χ2n) is 2.37. The number of rotatable bonds is 0. The van der Waals surface area contributed by atoms with Crippen LogP contribution in [0.5, 0.6) is 0 Å². The van der Waals surface area contributed by atoms with Crippen molar-refractivity contribution >= 4 is 16.9 Å². The smallest absolute Gasteiger partial charge is 0.156 e. The second-order valence-corrected chi connectivity index (χ2v) is 5.65. The summed E-state index contributed by atoms with van der Waals surface area (Å²) in [6, 6.07) is 0. The average molecular weight is 309 g/mol. The molecular weight excluding hydrogens is 295 g/mol. The van der Waals surface area contributed by atoms with Crippen molar-refractivity contribution in [2.75, 3.05) is 23.8 Å². The van der Waals surface area contributed by atoms with Crippen LogP contribution in [0.25, 0.3) is 0 Å². The summed E-state index contributed by atoms with van der Waals surface area (Å²) in [5.41, 5.74) is 0. The summed E-state index contributed by atoms with van der Waals surface area (Å²) >= 11 is 2.12. The zero-order valence-electron chi connectivity index (χ0n) is 7.66. The third-order valence-corrected chi connectivity index (χ3v) is 4.02. The topological polar surface area (TPSA) is 24.4 Å². The monoisotopic (exact) mass is 309 g/mol. The Morgan fingerprint density at radius 1 is 1.54 bits per heavy atom. The van der Waals surface area contributed by atoms with E-state index in [-0.39, 0.29) is 0 Å². The maximum absolute atomic E-state index is 4.12. The third kappa shape index (κ3) is 5.36. The largest absolute Gasteiger partial charge is 0.363 e. The molecule has 2 rings (SSSR count). The van der Waals surface area contributed by atoms with Gasteiger partial charge in [-0.05, 0) is 6.26 Å². The molecule has 0 spiro atoms.